The molecule has 0 fully saturated rings. The number of hydrogen-bond acceptors (Lipinski definition) is 3. The normalized spacial score (nSPS) is 14.2. The highest BCUT2D eigenvalue weighted by Gasteiger charge is 2.27. The Labute approximate surface area is 120 Å². The molecule has 0 radical (unpaired) electrons. The molecule has 0 saturated heterocycles. The zero-order chi connectivity index (χ0) is 14.1. The first-order valence-electron chi connectivity index (χ1n) is 6.04. The second-order valence-corrected chi connectivity index (χ2v) is 4.81. The highest BCUT2D eigenvalue weighted by molar-refractivity contribution is 6.31. The summed E-state index contributed by atoms with van der Waals surface area (Å²) >= 11 is 5.79. The van der Waals surface area contributed by atoms with Crippen LogP contribution >= 0.6 is 11.6 Å². The van der Waals surface area contributed by atoms with Crippen molar-refractivity contribution in [1.29, 1.82) is 0 Å². The van der Waals surface area contributed by atoms with Crippen LogP contribution in [0.4, 0.5) is 5.69 Å². The van der Waals surface area contributed by atoms with Gasteiger partial charge in [-0.15, -0.1) is 0 Å². The molecule has 0 amide bonds. The molecule has 1 aliphatic rings. The number of aliphatic hydroxyl groups excluding tert-OH is 1. The van der Waals surface area contributed by atoms with Gasteiger partial charge in [-0.05, 0) is 24.3 Å². The van der Waals surface area contributed by atoms with Gasteiger partial charge < -0.3 is 5.11 Å². The van der Waals surface area contributed by atoms with Gasteiger partial charge in [-0.3, -0.25) is 9.79 Å². The van der Waals surface area contributed by atoms with Crippen LogP contribution in [0.25, 0.3) is 5.76 Å². The molecule has 20 heavy (non-hydrogen) atoms. The lowest BCUT2D eigenvalue weighted by molar-refractivity contribution is 0.104. The van der Waals surface area contributed by atoms with Crippen molar-refractivity contribution in [3.05, 3.63) is 70.3 Å². The number of halogens is 1. The van der Waals surface area contributed by atoms with Crippen LogP contribution in [0.1, 0.15) is 15.9 Å². The van der Waals surface area contributed by atoms with Crippen LogP contribution in [0.3, 0.4) is 0 Å². The van der Waals surface area contributed by atoms with Crippen molar-refractivity contribution >= 4 is 35.0 Å². The summed E-state index contributed by atoms with van der Waals surface area (Å²) < 4.78 is 0. The van der Waals surface area contributed by atoms with Crippen LogP contribution in [0.5, 0.6) is 0 Å². The quantitative estimate of drug-likeness (QED) is 0.839. The van der Waals surface area contributed by atoms with Crippen LogP contribution in [-0.2, 0) is 0 Å². The maximum Gasteiger partial charge on any atom is 0.199 e. The molecule has 0 unspecified atom stereocenters. The number of Topliss-reactive ketones (excluding diaryl/α,β-unsaturated/α-hetero) is 1. The van der Waals surface area contributed by atoms with E-state index in [0.29, 0.717) is 21.8 Å². The third-order valence-corrected chi connectivity index (χ3v) is 3.35. The number of fused-ring (bicyclic) bond motifs is 1. The minimum atomic E-state index is -0.212. The monoisotopic (exact) mass is 283 g/mol. The number of aliphatic hydroxyl groups is 1. The van der Waals surface area contributed by atoms with E-state index in [1.165, 1.54) is 6.21 Å². The van der Waals surface area contributed by atoms with Crippen molar-refractivity contribution in [2.24, 2.45) is 4.99 Å². The van der Waals surface area contributed by atoms with Crippen molar-refractivity contribution in [1.82, 2.24) is 0 Å². The first-order chi connectivity index (χ1) is 9.66. The zero-order valence-corrected chi connectivity index (χ0v) is 11.1. The van der Waals surface area contributed by atoms with Gasteiger partial charge in [0, 0.05) is 22.4 Å². The summed E-state index contributed by atoms with van der Waals surface area (Å²) in [5.74, 6) is -0.237. The first-order valence-corrected chi connectivity index (χ1v) is 6.41. The van der Waals surface area contributed by atoms with Gasteiger partial charge in [-0.25, -0.2) is 0 Å². The summed E-state index contributed by atoms with van der Waals surface area (Å²) in [6, 6.07) is 13.9. The fourth-order valence-corrected chi connectivity index (χ4v) is 2.20. The third kappa shape index (κ3) is 2.12. The van der Waals surface area contributed by atoms with Crippen molar-refractivity contribution in [3.63, 3.8) is 0 Å². The highest BCUT2D eigenvalue weighted by Crippen LogP contribution is 2.30. The molecule has 2 aromatic rings. The Kier molecular flexibility index (Phi) is 3.12. The molecule has 4 heteroatoms. The molecule has 0 spiro atoms. The summed E-state index contributed by atoms with van der Waals surface area (Å²) in [5, 5.41) is 10.7. The average Bonchev–Trinajstić information content (AvgIpc) is 2.71. The van der Waals surface area contributed by atoms with E-state index in [4.69, 9.17) is 11.6 Å². The van der Waals surface area contributed by atoms with Gasteiger partial charge in [-0.2, -0.15) is 0 Å². The number of benzene rings is 2. The number of carbonyl (C=O) groups excluding carboxylic acids is 1. The SMILES string of the molecule is O=C1C(C=Nc2ccc(Cl)cc2)=C(O)c2ccccc21. The Bertz CT molecular complexity index is 745. The minimum absolute atomic E-state index is 0.0247. The number of rotatable bonds is 2. The van der Waals surface area contributed by atoms with Gasteiger partial charge in [-0.1, -0.05) is 35.9 Å². The summed E-state index contributed by atoms with van der Waals surface area (Å²) in [6.07, 6.45) is 1.39. The predicted molar refractivity (Wildman–Crippen MR) is 79.9 cm³/mol. The van der Waals surface area contributed by atoms with Gasteiger partial charge in [0.2, 0.25) is 0 Å². The van der Waals surface area contributed by atoms with Crippen LogP contribution in [0.15, 0.2) is 59.1 Å². The Hall–Kier alpha value is -2.39. The van der Waals surface area contributed by atoms with E-state index in [1.807, 2.05) is 0 Å². The summed E-state index contributed by atoms with van der Waals surface area (Å²) in [7, 11) is 0. The van der Waals surface area contributed by atoms with Crippen molar-refractivity contribution < 1.29 is 9.90 Å². The second kappa shape index (κ2) is 4.94. The maximum absolute atomic E-state index is 12.2. The molecule has 0 heterocycles. The van der Waals surface area contributed by atoms with Crippen molar-refractivity contribution in [2.75, 3.05) is 0 Å². The first kappa shape index (κ1) is 12.6. The van der Waals surface area contributed by atoms with Gasteiger partial charge in [0.1, 0.15) is 5.76 Å². The van der Waals surface area contributed by atoms with Gasteiger partial charge in [0.25, 0.3) is 0 Å². The molecular weight excluding hydrogens is 274 g/mol. The number of hydrogen-bond donors (Lipinski definition) is 1. The van der Waals surface area contributed by atoms with Crippen LogP contribution in [-0.4, -0.2) is 17.1 Å². The molecule has 3 nitrogen and oxygen atoms in total. The van der Waals surface area contributed by atoms with Gasteiger partial charge >= 0.3 is 0 Å². The fourth-order valence-electron chi connectivity index (χ4n) is 2.07. The third-order valence-electron chi connectivity index (χ3n) is 3.10. The molecule has 0 saturated carbocycles. The Morgan fingerprint density at radius 3 is 2.30 bits per heavy atom. The number of aliphatic imine (C=N–C) groups is 1. The molecule has 98 valence electrons. The molecule has 0 aliphatic heterocycles. The summed E-state index contributed by atoms with van der Waals surface area (Å²) in [4.78, 5) is 16.3. The molecule has 0 atom stereocenters. The van der Waals surface area contributed by atoms with Crippen LogP contribution in [0, 0.1) is 0 Å². The largest absolute Gasteiger partial charge is 0.506 e. The minimum Gasteiger partial charge on any atom is -0.506 e. The molecular formula is C16H10ClNO2. The molecule has 0 aromatic heterocycles. The van der Waals surface area contributed by atoms with Gasteiger partial charge in [0.15, 0.2) is 5.78 Å². The lowest BCUT2D eigenvalue weighted by Gasteiger charge is -1.95. The topological polar surface area (TPSA) is 49.7 Å². The number of nitrogens with zero attached hydrogens (tertiary/aromatic N) is 1. The predicted octanol–water partition coefficient (Wildman–Crippen LogP) is 4.21. The van der Waals surface area contributed by atoms with E-state index < -0.39 is 0 Å². The van der Waals surface area contributed by atoms with E-state index in [9.17, 15) is 9.90 Å². The molecule has 0 bridgehead atoms. The number of carbonyl (C=O) groups is 1. The van der Waals surface area contributed by atoms with Gasteiger partial charge in [0.05, 0.1) is 11.3 Å². The summed E-state index contributed by atoms with van der Waals surface area (Å²) in [5.41, 5.74) is 1.93. The molecule has 2 aromatic carbocycles. The lowest BCUT2D eigenvalue weighted by Crippen LogP contribution is -1.99. The van der Waals surface area contributed by atoms with Crippen molar-refractivity contribution in [3.8, 4) is 0 Å². The molecule has 1 aliphatic carbocycles. The maximum atomic E-state index is 12.2. The second-order valence-electron chi connectivity index (χ2n) is 4.37. The number of allylic oxidation sites excluding steroid dienone is 1. The highest BCUT2D eigenvalue weighted by atomic mass is 35.5. The fraction of sp³-hybridized carbons (Fsp3) is 0. The summed E-state index contributed by atoms with van der Waals surface area (Å²) in [6.45, 7) is 0. The average molecular weight is 284 g/mol. The Morgan fingerprint density at radius 2 is 1.65 bits per heavy atom. The van der Waals surface area contributed by atoms with Crippen LogP contribution in [0.2, 0.25) is 5.02 Å². The van der Waals surface area contributed by atoms with Crippen molar-refractivity contribution in [2.45, 2.75) is 0 Å². The Balaban J connectivity index is 1.94. The van der Waals surface area contributed by atoms with E-state index in [-0.39, 0.29) is 17.1 Å². The van der Waals surface area contributed by atoms with E-state index in [1.54, 1.807) is 48.5 Å². The standard InChI is InChI=1S/C16H10ClNO2/c17-10-5-7-11(8-6-10)18-9-14-15(19)12-3-1-2-4-13(12)16(14)20/h1-9,19H. The molecule has 3 rings (SSSR count). The van der Waals surface area contributed by atoms with E-state index in [2.05, 4.69) is 4.99 Å². The van der Waals surface area contributed by atoms with E-state index >= 15 is 0 Å². The molecule has 1 N–H and O–H groups in total. The zero-order valence-electron chi connectivity index (χ0n) is 10.4. The lowest BCUT2D eigenvalue weighted by atomic mass is 10.1. The smallest absolute Gasteiger partial charge is 0.199 e. The van der Waals surface area contributed by atoms with Crippen LogP contribution < -0.4 is 0 Å². The Morgan fingerprint density at radius 1 is 1.00 bits per heavy atom. The number of ketones is 1. The van der Waals surface area contributed by atoms with E-state index in [0.717, 1.165) is 0 Å².